The fourth-order valence-corrected chi connectivity index (χ4v) is 7.52. The van der Waals surface area contributed by atoms with Crippen molar-refractivity contribution < 1.29 is 0 Å². The van der Waals surface area contributed by atoms with Crippen LogP contribution in [-0.4, -0.2) is 55.6 Å². The zero-order chi connectivity index (χ0) is 37.8. The van der Waals surface area contributed by atoms with E-state index in [2.05, 4.69) is 202 Å². The van der Waals surface area contributed by atoms with Crippen LogP contribution in [0.4, 0.5) is 22.7 Å². The van der Waals surface area contributed by atoms with Crippen molar-refractivity contribution in [3.05, 3.63) is 193 Å². The number of nitrogens with zero attached hydrogens (tertiary/aromatic N) is 4. The predicted molar refractivity (Wildman–Crippen MR) is 233 cm³/mol. The van der Waals surface area contributed by atoms with Crippen LogP contribution in [0.15, 0.2) is 182 Å². The van der Waals surface area contributed by atoms with Gasteiger partial charge in [-0.25, -0.2) is 0 Å². The Morgan fingerprint density at radius 2 is 0.759 bits per heavy atom. The quantitative estimate of drug-likeness (QED) is 0.105. The van der Waals surface area contributed by atoms with E-state index in [-0.39, 0.29) is 6.04 Å². The third-order valence-electron chi connectivity index (χ3n) is 9.98. The Balaban J connectivity index is 0.00000136. The molecule has 0 amide bonds. The second-order valence-electron chi connectivity index (χ2n) is 13.3. The van der Waals surface area contributed by atoms with E-state index >= 15 is 0 Å². The zero-order valence-electron chi connectivity index (χ0n) is 32.9. The van der Waals surface area contributed by atoms with Crippen LogP contribution < -0.4 is 9.80 Å². The smallest absolute Gasteiger partial charge is 0.0601 e. The lowest BCUT2D eigenvalue weighted by Gasteiger charge is -2.33. The lowest BCUT2D eigenvalue weighted by molar-refractivity contribution is 0.223. The van der Waals surface area contributed by atoms with Gasteiger partial charge in [-0.2, -0.15) is 0 Å². The molecule has 1 fully saturated rings. The first kappa shape index (κ1) is 40.0. The van der Waals surface area contributed by atoms with Gasteiger partial charge >= 0.3 is 0 Å². The highest BCUT2D eigenvalue weighted by atomic mass is 15.2. The van der Waals surface area contributed by atoms with E-state index in [0.717, 1.165) is 45.8 Å². The first-order chi connectivity index (χ1) is 26.8. The molecule has 1 heterocycles. The average molecular weight is 717 g/mol. The van der Waals surface area contributed by atoms with Crippen molar-refractivity contribution in [3.8, 4) is 0 Å². The molecular formula is C50H60N4. The fraction of sp³-hybridized carbons (Fsp3) is 0.280. The topological polar surface area (TPSA) is 13.0 Å². The first-order valence-electron chi connectivity index (χ1n) is 20.1. The van der Waals surface area contributed by atoms with Crippen LogP contribution in [0, 0.1) is 5.92 Å². The molecule has 6 aromatic carbocycles. The van der Waals surface area contributed by atoms with Gasteiger partial charge in [-0.3, -0.25) is 9.80 Å². The molecule has 0 saturated carbocycles. The first-order valence-corrected chi connectivity index (χ1v) is 20.1. The fourth-order valence-electron chi connectivity index (χ4n) is 7.52. The van der Waals surface area contributed by atoms with E-state index in [1.807, 2.05) is 27.7 Å². The minimum absolute atomic E-state index is 0.272. The van der Waals surface area contributed by atoms with Gasteiger partial charge < -0.3 is 9.80 Å². The summed E-state index contributed by atoms with van der Waals surface area (Å²) in [5.41, 5.74) is 7.67. The highest BCUT2D eigenvalue weighted by molar-refractivity contribution is 5.64. The molecule has 1 unspecified atom stereocenters. The minimum Gasteiger partial charge on any atom is -0.340 e. The normalized spacial score (nSPS) is 13.8. The van der Waals surface area contributed by atoms with Gasteiger partial charge in [0.05, 0.1) is 6.04 Å². The van der Waals surface area contributed by atoms with Gasteiger partial charge in [0.1, 0.15) is 0 Å². The van der Waals surface area contributed by atoms with Crippen molar-refractivity contribution in [2.45, 2.75) is 40.2 Å². The number of likely N-dealkylation sites (tertiary alicyclic amines) is 1. The summed E-state index contributed by atoms with van der Waals surface area (Å²) in [5.74, 6) is 0.591. The molecule has 54 heavy (non-hydrogen) atoms. The standard InChI is InChI=1S/C46H48N4.2C2H6/c1-7-19-40(20-8-1)46(41-21-9-2-10-22-41)48-32-31-39(38-48)37-47(33-35-49(42-23-11-3-12-24-42)43-25-13-4-14-26-43)34-36-50(44-27-15-5-16-28-44)45-29-17-6-18-30-45;2*1-2/h1-30,39,46H,31-38H2;2*1-2H3. The summed E-state index contributed by atoms with van der Waals surface area (Å²) in [6, 6.07) is 65.8. The Bertz CT molecular complexity index is 1610. The van der Waals surface area contributed by atoms with E-state index < -0.39 is 0 Å². The highest BCUT2D eigenvalue weighted by Gasteiger charge is 2.31. The summed E-state index contributed by atoms with van der Waals surface area (Å²) in [7, 11) is 0. The van der Waals surface area contributed by atoms with Gasteiger partial charge in [-0.1, -0.05) is 161 Å². The summed E-state index contributed by atoms with van der Waals surface area (Å²) >= 11 is 0. The molecule has 1 aliphatic rings. The second kappa shape index (κ2) is 22.1. The number of anilines is 4. The van der Waals surface area contributed by atoms with E-state index in [1.165, 1.54) is 40.3 Å². The van der Waals surface area contributed by atoms with Crippen LogP contribution in [0.1, 0.15) is 51.3 Å². The molecule has 0 spiro atoms. The van der Waals surface area contributed by atoms with Crippen molar-refractivity contribution in [1.29, 1.82) is 0 Å². The molecule has 0 N–H and O–H groups in total. The lowest BCUT2D eigenvalue weighted by Crippen LogP contribution is -2.41. The maximum Gasteiger partial charge on any atom is 0.0601 e. The molecule has 0 radical (unpaired) electrons. The molecular weight excluding hydrogens is 657 g/mol. The molecule has 1 aliphatic heterocycles. The van der Waals surface area contributed by atoms with E-state index in [0.29, 0.717) is 5.92 Å². The largest absolute Gasteiger partial charge is 0.340 e. The Morgan fingerprint density at radius 3 is 1.09 bits per heavy atom. The highest BCUT2D eigenvalue weighted by Crippen LogP contribution is 2.34. The molecule has 1 saturated heterocycles. The van der Waals surface area contributed by atoms with Crippen molar-refractivity contribution >= 4 is 22.7 Å². The van der Waals surface area contributed by atoms with Gasteiger partial charge in [0.15, 0.2) is 0 Å². The molecule has 4 nitrogen and oxygen atoms in total. The monoisotopic (exact) mass is 716 g/mol. The summed E-state index contributed by atoms with van der Waals surface area (Å²) in [6.07, 6.45) is 1.20. The number of hydrogen-bond acceptors (Lipinski definition) is 4. The van der Waals surface area contributed by atoms with Crippen LogP contribution in [-0.2, 0) is 0 Å². The third-order valence-corrected chi connectivity index (χ3v) is 9.98. The molecule has 0 bridgehead atoms. The van der Waals surface area contributed by atoms with Crippen LogP contribution in [0.5, 0.6) is 0 Å². The Labute approximate surface area is 326 Å². The molecule has 7 rings (SSSR count). The van der Waals surface area contributed by atoms with Gasteiger partial charge in [0.25, 0.3) is 0 Å². The SMILES string of the molecule is CC.CC.c1ccc(C(c2ccccc2)N2CCC(CN(CCN(c3ccccc3)c3ccccc3)CCN(c3ccccc3)c3ccccc3)C2)cc1. The third kappa shape index (κ3) is 11.2. The molecule has 0 aliphatic carbocycles. The molecule has 1 atom stereocenters. The molecule has 4 heteroatoms. The lowest BCUT2D eigenvalue weighted by atomic mass is 9.97. The summed E-state index contributed by atoms with van der Waals surface area (Å²) < 4.78 is 0. The van der Waals surface area contributed by atoms with Gasteiger partial charge in [0, 0.05) is 62.0 Å². The van der Waals surface area contributed by atoms with E-state index in [9.17, 15) is 0 Å². The van der Waals surface area contributed by atoms with Crippen molar-refractivity contribution in [2.75, 3.05) is 55.6 Å². The van der Waals surface area contributed by atoms with Crippen molar-refractivity contribution in [1.82, 2.24) is 9.80 Å². The Morgan fingerprint density at radius 1 is 0.444 bits per heavy atom. The average Bonchev–Trinajstić information content (AvgIpc) is 3.72. The molecule has 0 aromatic heterocycles. The van der Waals surface area contributed by atoms with Gasteiger partial charge in [-0.05, 0) is 78.5 Å². The van der Waals surface area contributed by atoms with Crippen LogP contribution in [0.3, 0.4) is 0 Å². The number of para-hydroxylation sites is 4. The second-order valence-corrected chi connectivity index (χ2v) is 13.3. The zero-order valence-corrected chi connectivity index (χ0v) is 32.9. The van der Waals surface area contributed by atoms with E-state index in [4.69, 9.17) is 0 Å². The van der Waals surface area contributed by atoms with Crippen LogP contribution in [0.2, 0.25) is 0 Å². The summed E-state index contributed by atoms with van der Waals surface area (Å²) in [6.45, 7) is 15.0. The maximum atomic E-state index is 2.73. The van der Waals surface area contributed by atoms with Crippen LogP contribution >= 0.6 is 0 Å². The van der Waals surface area contributed by atoms with Crippen molar-refractivity contribution in [3.63, 3.8) is 0 Å². The number of hydrogen-bond donors (Lipinski definition) is 0. The van der Waals surface area contributed by atoms with Gasteiger partial charge in [-0.15, -0.1) is 0 Å². The maximum absolute atomic E-state index is 2.73. The predicted octanol–water partition coefficient (Wildman–Crippen LogP) is 12.1. The summed E-state index contributed by atoms with van der Waals surface area (Å²) in [5, 5.41) is 0. The Kier molecular flexibility index (Phi) is 16.4. The molecule has 6 aromatic rings. The minimum atomic E-state index is 0.272. The molecule has 280 valence electrons. The van der Waals surface area contributed by atoms with Gasteiger partial charge in [0.2, 0.25) is 0 Å². The van der Waals surface area contributed by atoms with E-state index in [1.54, 1.807) is 0 Å². The number of rotatable bonds is 15. The van der Waals surface area contributed by atoms with Crippen LogP contribution in [0.25, 0.3) is 0 Å². The number of benzene rings is 6. The summed E-state index contributed by atoms with van der Waals surface area (Å²) in [4.78, 5) is 10.4. The van der Waals surface area contributed by atoms with Crippen molar-refractivity contribution in [2.24, 2.45) is 5.92 Å². The Hall–Kier alpha value is -5.16.